The van der Waals surface area contributed by atoms with E-state index in [4.69, 9.17) is 14.2 Å². The topological polar surface area (TPSA) is 80.6 Å². The van der Waals surface area contributed by atoms with Gasteiger partial charge in [-0.1, -0.05) is 88.7 Å². The van der Waals surface area contributed by atoms with Crippen molar-refractivity contribution in [3.63, 3.8) is 0 Å². The minimum absolute atomic E-state index is 0.0584. The summed E-state index contributed by atoms with van der Waals surface area (Å²) in [7, 11) is 0. The van der Waals surface area contributed by atoms with Crippen LogP contribution < -0.4 is 19.5 Å². The van der Waals surface area contributed by atoms with Crippen LogP contribution in [0.3, 0.4) is 0 Å². The molecular formula is C36H29BrN2O4. The van der Waals surface area contributed by atoms with Gasteiger partial charge in [0.05, 0.1) is 6.61 Å². The average Bonchev–Trinajstić information content (AvgIpc) is 3.04. The van der Waals surface area contributed by atoms with Crippen molar-refractivity contribution in [3.05, 3.63) is 136 Å². The van der Waals surface area contributed by atoms with E-state index in [-0.39, 0.29) is 5.57 Å². The Labute approximate surface area is 259 Å². The zero-order valence-corrected chi connectivity index (χ0v) is 25.1. The number of fused-ring (bicyclic) bond motifs is 1. The van der Waals surface area contributed by atoms with Crippen molar-refractivity contribution in [3.8, 4) is 23.3 Å². The number of rotatable bonds is 11. The molecule has 43 heavy (non-hydrogen) atoms. The summed E-state index contributed by atoms with van der Waals surface area (Å²) in [6, 6.07) is 36.7. The highest BCUT2D eigenvalue weighted by molar-refractivity contribution is 9.10. The molecule has 0 heterocycles. The Morgan fingerprint density at radius 2 is 1.56 bits per heavy atom. The Kier molecular flexibility index (Phi) is 9.73. The zero-order chi connectivity index (χ0) is 30.0. The molecule has 0 atom stereocenters. The smallest absolute Gasteiger partial charge is 0.266 e. The van der Waals surface area contributed by atoms with Crippen LogP contribution in [-0.4, -0.2) is 12.5 Å². The summed E-state index contributed by atoms with van der Waals surface area (Å²) in [5.74, 6) is 1.21. The first kappa shape index (κ1) is 29.4. The maximum atomic E-state index is 13.0. The van der Waals surface area contributed by atoms with Gasteiger partial charge in [0.2, 0.25) is 0 Å². The summed E-state index contributed by atoms with van der Waals surface area (Å²) in [6.07, 6.45) is 1.52. The van der Waals surface area contributed by atoms with Gasteiger partial charge in [0.15, 0.2) is 11.5 Å². The molecule has 0 fully saturated rings. The van der Waals surface area contributed by atoms with Gasteiger partial charge in [-0.25, -0.2) is 0 Å². The number of nitrogens with zero attached hydrogens (tertiary/aromatic N) is 1. The van der Waals surface area contributed by atoms with Crippen LogP contribution in [0.1, 0.15) is 23.6 Å². The van der Waals surface area contributed by atoms with E-state index in [0.29, 0.717) is 52.8 Å². The van der Waals surface area contributed by atoms with E-state index in [2.05, 4.69) is 39.4 Å². The summed E-state index contributed by atoms with van der Waals surface area (Å²) in [5.41, 5.74) is 3.21. The quantitative estimate of drug-likeness (QED) is 0.116. The third kappa shape index (κ3) is 7.62. The number of hydrogen-bond donors (Lipinski definition) is 1. The molecule has 5 aromatic carbocycles. The molecule has 0 saturated heterocycles. The lowest BCUT2D eigenvalue weighted by Crippen LogP contribution is -2.13. The summed E-state index contributed by atoms with van der Waals surface area (Å²) in [4.78, 5) is 13.0. The van der Waals surface area contributed by atoms with E-state index >= 15 is 0 Å². The van der Waals surface area contributed by atoms with Crippen molar-refractivity contribution >= 4 is 44.4 Å². The molecule has 0 unspecified atom stereocenters. The first-order valence-corrected chi connectivity index (χ1v) is 14.6. The lowest BCUT2D eigenvalue weighted by Gasteiger charge is -2.15. The number of halogens is 1. The molecule has 0 bridgehead atoms. The molecule has 0 aromatic heterocycles. The van der Waals surface area contributed by atoms with Gasteiger partial charge in [0.1, 0.15) is 30.6 Å². The second-order valence-electron chi connectivity index (χ2n) is 9.60. The fraction of sp³-hybridized carbons (Fsp3) is 0.111. The molecule has 5 aromatic rings. The van der Waals surface area contributed by atoms with Crippen LogP contribution in [0, 0.1) is 11.3 Å². The number of nitriles is 1. The normalized spacial score (nSPS) is 11.0. The molecule has 0 aliphatic heterocycles. The minimum Gasteiger partial charge on any atom is -0.490 e. The zero-order valence-electron chi connectivity index (χ0n) is 23.5. The van der Waals surface area contributed by atoms with Crippen molar-refractivity contribution in [1.82, 2.24) is 0 Å². The lowest BCUT2D eigenvalue weighted by atomic mass is 10.1. The maximum Gasteiger partial charge on any atom is 0.266 e. The molecule has 214 valence electrons. The van der Waals surface area contributed by atoms with E-state index in [1.807, 2.05) is 67.6 Å². The van der Waals surface area contributed by atoms with Crippen LogP contribution in [0.4, 0.5) is 5.69 Å². The third-order valence-corrected chi connectivity index (χ3v) is 7.34. The third-order valence-electron chi connectivity index (χ3n) is 6.65. The number of carbonyl (C=O) groups is 1. The highest BCUT2D eigenvalue weighted by Gasteiger charge is 2.15. The molecule has 0 aliphatic carbocycles. The summed E-state index contributed by atoms with van der Waals surface area (Å²) < 4.78 is 18.5. The van der Waals surface area contributed by atoms with E-state index < -0.39 is 5.91 Å². The fourth-order valence-electron chi connectivity index (χ4n) is 4.49. The largest absolute Gasteiger partial charge is 0.490 e. The van der Waals surface area contributed by atoms with Gasteiger partial charge < -0.3 is 19.5 Å². The van der Waals surface area contributed by atoms with Crippen molar-refractivity contribution in [2.45, 2.75) is 20.1 Å². The van der Waals surface area contributed by atoms with Crippen LogP contribution in [0.2, 0.25) is 0 Å². The standard InChI is InChI=1S/C36H29BrN2O4/c1-2-41-34-20-28(33(37)21-35(34)43-24-27-13-8-12-26-11-6-7-14-32(26)27)19-29(22-38)36(40)39-30-15-17-31(18-16-30)42-23-25-9-4-3-5-10-25/h3-21H,2,23-24H2,1H3,(H,39,40)/b29-19+. The van der Waals surface area contributed by atoms with Crippen LogP contribution in [0.15, 0.2) is 119 Å². The lowest BCUT2D eigenvalue weighted by molar-refractivity contribution is -0.112. The van der Waals surface area contributed by atoms with Crippen molar-refractivity contribution in [1.29, 1.82) is 5.26 Å². The van der Waals surface area contributed by atoms with Gasteiger partial charge in [-0.15, -0.1) is 0 Å². The van der Waals surface area contributed by atoms with Gasteiger partial charge in [-0.05, 0) is 76.9 Å². The predicted octanol–water partition coefficient (Wildman–Crippen LogP) is 8.70. The van der Waals surface area contributed by atoms with Gasteiger partial charge in [-0.3, -0.25) is 4.79 Å². The Balaban J connectivity index is 1.28. The number of nitrogens with one attached hydrogen (secondary N) is 1. The molecule has 5 rings (SSSR count). The number of hydrogen-bond acceptors (Lipinski definition) is 5. The summed E-state index contributed by atoms with van der Waals surface area (Å²) in [5, 5.41) is 14.9. The molecule has 1 amide bonds. The van der Waals surface area contributed by atoms with Crippen LogP contribution in [0.25, 0.3) is 16.8 Å². The number of anilines is 1. The number of amides is 1. The fourth-order valence-corrected chi connectivity index (χ4v) is 4.93. The van der Waals surface area contributed by atoms with Gasteiger partial charge in [0, 0.05) is 10.2 Å². The summed E-state index contributed by atoms with van der Waals surface area (Å²) in [6.45, 7) is 3.11. The molecular weight excluding hydrogens is 604 g/mol. The molecule has 0 spiro atoms. The number of ether oxygens (including phenoxy) is 3. The molecule has 0 radical (unpaired) electrons. The monoisotopic (exact) mass is 632 g/mol. The SMILES string of the molecule is CCOc1cc(/C=C(\C#N)C(=O)Nc2ccc(OCc3ccccc3)cc2)c(Br)cc1OCc1cccc2ccccc12. The van der Waals surface area contributed by atoms with E-state index in [1.165, 1.54) is 6.08 Å². The Hall–Kier alpha value is -5.06. The van der Waals surface area contributed by atoms with Gasteiger partial charge >= 0.3 is 0 Å². The van der Waals surface area contributed by atoms with Crippen LogP contribution >= 0.6 is 15.9 Å². The van der Waals surface area contributed by atoms with Crippen molar-refractivity contribution < 1.29 is 19.0 Å². The maximum absolute atomic E-state index is 13.0. The van der Waals surface area contributed by atoms with Gasteiger partial charge in [0.25, 0.3) is 5.91 Å². The van der Waals surface area contributed by atoms with Crippen molar-refractivity contribution in [2.24, 2.45) is 0 Å². The number of carbonyl (C=O) groups excluding carboxylic acids is 1. The molecule has 6 nitrogen and oxygen atoms in total. The van der Waals surface area contributed by atoms with E-state index in [1.54, 1.807) is 36.4 Å². The highest BCUT2D eigenvalue weighted by Crippen LogP contribution is 2.36. The molecule has 7 heteroatoms. The van der Waals surface area contributed by atoms with Crippen molar-refractivity contribution in [2.75, 3.05) is 11.9 Å². The Bertz CT molecular complexity index is 1790. The highest BCUT2D eigenvalue weighted by atomic mass is 79.9. The first-order valence-electron chi connectivity index (χ1n) is 13.8. The average molecular weight is 634 g/mol. The minimum atomic E-state index is -0.526. The van der Waals surface area contributed by atoms with Crippen LogP contribution in [0.5, 0.6) is 17.2 Å². The van der Waals surface area contributed by atoms with E-state index in [9.17, 15) is 10.1 Å². The van der Waals surface area contributed by atoms with Gasteiger partial charge in [-0.2, -0.15) is 5.26 Å². The first-order chi connectivity index (χ1) is 21.0. The molecule has 0 saturated carbocycles. The number of benzene rings is 5. The second kappa shape index (κ2) is 14.2. The molecule has 1 N–H and O–H groups in total. The second-order valence-corrected chi connectivity index (χ2v) is 10.5. The molecule has 0 aliphatic rings. The predicted molar refractivity (Wildman–Crippen MR) is 173 cm³/mol. The Morgan fingerprint density at radius 3 is 2.33 bits per heavy atom. The Morgan fingerprint density at radius 1 is 0.837 bits per heavy atom. The summed E-state index contributed by atoms with van der Waals surface area (Å²) >= 11 is 3.58. The van der Waals surface area contributed by atoms with Crippen LogP contribution in [-0.2, 0) is 18.0 Å². The van der Waals surface area contributed by atoms with E-state index in [0.717, 1.165) is 21.9 Å².